The summed E-state index contributed by atoms with van der Waals surface area (Å²) in [5.41, 5.74) is 0. The summed E-state index contributed by atoms with van der Waals surface area (Å²) in [4.78, 5) is 0. The second-order valence-corrected chi connectivity index (χ2v) is 4.54. The van der Waals surface area contributed by atoms with Crippen molar-refractivity contribution in [1.29, 1.82) is 0 Å². The molecule has 0 unspecified atom stereocenters. The molecule has 11 heavy (non-hydrogen) atoms. The molecule has 1 aromatic rings. The van der Waals surface area contributed by atoms with Crippen molar-refractivity contribution < 1.29 is 22.4 Å². The smallest absolute Gasteiger partial charge is 0.358 e. The molecule has 0 aliphatic carbocycles. The minimum Gasteiger partial charge on any atom is -0.358 e. The molecule has 0 bridgehead atoms. The van der Waals surface area contributed by atoms with Crippen molar-refractivity contribution in [2.45, 2.75) is 0 Å². The Balaban J connectivity index is 0. The van der Waals surface area contributed by atoms with Crippen LogP contribution in [-0.2, 0) is 22.4 Å². The maximum Gasteiger partial charge on any atom is 1.00 e. The Morgan fingerprint density at radius 2 is 1.45 bits per heavy atom. The first kappa shape index (κ1) is 13.9. The van der Waals surface area contributed by atoms with E-state index in [1.807, 2.05) is 0 Å². The standard InChI is InChI=1S/C8H11P.CH3.Au/c1-9(2)8-6-4-3-5-7-8;;/h3-7H,1-2H3;1H3;/q;-1;+1. The van der Waals surface area contributed by atoms with Gasteiger partial charge in [0.05, 0.1) is 0 Å². The predicted molar refractivity (Wildman–Crippen MR) is 51.3 cm³/mol. The second kappa shape index (κ2) is 7.06. The van der Waals surface area contributed by atoms with E-state index < -0.39 is 0 Å². The zero-order valence-electron chi connectivity index (χ0n) is 7.14. The molecule has 1 rings (SSSR count). The zero-order valence-corrected chi connectivity index (χ0v) is 10.2. The van der Waals surface area contributed by atoms with Gasteiger partial charge in [-0.3, -0.25) is 0 Å². The molecule has 0 atom stereocenters. The Kier molecular flexibility index (Phi) is 8.95. The van der Waals surface area contributed by atoms with Crippen LogP contribution in [0.1, 0.15) is 0 Å². The summed E-state index contributed by atoms with van der Waals surface area (Å²) in [5, 5.41) is 1.48. The molecule has 0 N–H and O–H groups in total. The number of hydrogen-bond acceptors (Lipinski definition) is 0. The maximum absolute atomic E-state index is 2.27. The molecule has 0 spiro atoms. The van der Waals surface area contributed by atoms with Crippen LogP contribution < -0.4 is 5.30 Å². The maximum atomic E-state index is 2.27. The largest absolute Gasteiger partial charge is 1.00 e. The van der Waals surface area contributed by atoms with Crippen molar-refractivity contribution >= 4 is 13.2 Å². The molecule has 0 amide bonds. The summed E-state index contributed by atoms with van der Waals surface area (Å²) in [6.45, 7) is 4.54. The molecular formula is C9H14AuP. The predicted octanol–water partition coefficient (Wildman–Crippen LogP) is 2.50. The zero-order chi connectivity index (χ0) is 6.69. The van der Waals surface area contributed by atoms with Crippen LogP contribution in [0, 0.1) is 7.43 Å². The summed E-state index contributed by atoms with van der Waals surface area (Å²) in [5.74, 6) is 0. The topological polar surface area (TPSA) is 0 Å². The monoisotopic (exact) mass is 350 g/mol. The third-order valence-electron chi connectivity index (χ3n) is 1.27. The van der Waals surface area contributed by atoms with Crippen molar-refractivity contribution in [3.8, 4) is 0 Å². The van der Waals surface area contributed by atoms with E-state index in [9.17, 15) is 0 Å². The summed E-state index contributed by atoms with van der Waals surface area (Å²) < 4.78 is 0. The SMILES string of the molecule is CP(C)c1ccccc1.[Au+].[CH3-]. The van der Waals surface area contributed by atoms with Gasteiger partial charge in [0, 0.05) is 0 Å². The van der Waals surface area contributed by atoms with E-state index in [-0.39, 0.29) is 37.7 Å². The first-order valence-electron chi connectivity index (χ1n) is 3.03. The third kappa shape index (κ3) is 4.76. The van der Waals surface area contributed by atoms with E-state index in [1.165, 1.54) is 5.30 Å². The number of benzene rings is 1. The molecule has 0 aliphatic heterocycles. The average Bonchev–Trinajstić information content (AvgIpc) is 1.90. The molecule has 0 radical (unpaired) electrons. The van der Waals surface area contributed by atoms with Crippen LogP contribution in [0.2, 0.25) is 0 Å². The fourth-order valence-corrected chi connectivity index (χ4v) is 1.49. The minimum absolute atomic E-state index is 0. The molecule has 0 saturated carbocycles. The van der Waals surface area contributed by atoms with E-state index in [0.29, 0.717) is 0 Å². The van der Waals surface area contributed by atoms with Gasteiger partial charge in [-0.1, -0.05) is 38.3 Å². The molecule has 0 heterocycles. The molecule has 0 nitrogen and oxygen atoms in total. The van der Waals surface area contributed by atoms with Gasteiger partial charge < -0.3 is 7.43 Å². The fourth-order valence-electron chi connectivity index (χ4n) is 0.726. The van der Waals surface area contributed by atoms with Crippen LogP contribution in [0.15, 0.2) is 30.3 Å². The van der Waals surface area contributed by atoms with Crippen molar-refractivity contribution in [3.05, 3.63) is 37.8 Å². The first-order valence-corrected chi connectivity index (χ1v) is 5.26. The Labute approximate surface area is 86.7 Å². The van der Waals surface area contributed by atoms with Crippen LogP contribution in [-0.4, -0.2) is 13.3 Å². The molecule has 1 aromatic carbocycles. The molecular weight excluding hydrogens is 336 g/mol. The van der Waals surface area contributed by atoms with Crippen LogP contribution in [0.4, 0.5) is 0 Å². The first-order chi connectivity index (χ1) is 4.30. The minimum atomic E-state index is 0. The molecule has 0 aromatic heterocycles. The van der Waals surface area contributed by atoms with Gasteiger partial charge in [0.2, 0.25) is 0 Å². The average molecular weight is 350 g/mol. The molecule has 66 valence electrons. The van der Waals surface area contributed by atoms with Crippen LogP contribution >= 0.6 is 7.92 Å². The van der Waals surface area contributed by atoms with Crippen LogP contribution in [0.5, 0.6) is 0 Å². The summed E-state index contributed by atoms with van der Waals surface area (Å²) in [6.07, 6.45) is 0. The Bertz CT molecular complexity index is 172. The van der Waals surface area contributed by atoms with Crippen molar-refractivity contribution in [3.63, 3.8) is 0 Å². The second-order valence-electron chi connectivity index (χ2n) is 2.23. The summed E-state index contributed by atoms with van der Waals surface area (Å²) in [7, 11) is 0.104. The van der Waals surface area contributed by atoms with Crippen molar-refractivity contribution in [1.82, 2.24) is 0 Å². The normalized spacial score (nSPS) is 8.27. The van der Waals surface area contributed by atoms with E-state index in [1.54, 1.807) is 0 Å². The van der Waals surface area contributed by atoms with E-state index in [2.05, 4.69) is 43.7 Å². The van der Waals surface area contributed by atoms with Gasteiger partial charge in [-0.25, -0.2) is 0 Å². The molecule has 0 fully saturated rings. The van der Waals surface area contributed by atoms with Gasteiger partial charge in [0.25, 0.3) is 0 Å². The molecule has 0 saturated heterocycles. The van der Waals surface area contributed by atoms with Gasteiger partial charge in [-0.2, -0.15) is 0 Å². The number of hydrogen-bond donors (Lipinski definition) is 0. The summed E-state index contributed by atoms with van der Waals surface area (Å²) in [6, 6.07) is 10.6. The molecule has 0 aliphatic rings. The third-order valence-corrected chi connectivity index (χ3v) is 2.60. The summed E-state index contributed by atoms with van der Waals surface area (Å²) >= 11 is 0. The fraction of sp³-hybridized carbons (Fsp3) is 0.222. The van der Waals surface area contributed by atoms with Crippen LogP contribution in [0.25, 0.3) is 0 Å². The van der Waals surface area contributed by atoms with Crippen molar-refractivity contribution in [2.75, 3.05) is 13.3 Å². The van der Waals surface area contributed by atoms with Gasteiger partial charge in [0.15, 0.2) is 0 Å². The van der Waals surface area contributed by atoms with Gasteiger partial charge in [0.1, 0.15) is 0 Å². The molecule has 2 heteroatoms. The Hall–Kier alpha value is 0.390. The van der Waals surface area contributed by atoms with Gasteiger partial charge in [-0.05, 0) is 18.6 Å². The Morgan fingerprint density at radius 3 is 1.73 bits per heavy atom. The van der Waals surface area contributed by atoms with E-state index >= 15 is 0 Å². The van der Waals surface area contributed by atoms with Gasteiger partial charge >= 0.3 is 22.4 Å². The quantitative estimate of drug-likeness (QED) is 0.415. The van der Waals surface area contributed by atoms with Gasteiger partial charge in [-0.15, -0.1) is 0 Å². The Morgan fingerprint density at radius 1 is 1.00 bits per heavy atom. The van der Waals surface area contributed by atoms with E-state index in [0.717, 1.165) is 0 Å². The van der Waals surface area contributed by atoms with Crippen LogP contribution in [0.3, 0.4) is 0 Å². The number of rotatable bonds is 1. The van der Waals surface area contributed by atoms with Crippen molar-refractivity contribution in [2.24, 2.45) is 0 Å². The van der Waals surface area contributed by atoms with E-state index in [4.69, 9.17) is 0 Å².